The van der Waals surface area contributed by atoms with Gasteiger partial charge in [0, 0.05) is 10.8 Å². The zero-order valence-corrected chi connectivity index (χ0v) is 11.8. The standard InChI is InChI=1S/C15H13F3OS/c1-9(2)14(19)13-8-7-12(20-13)10-3-5-11(6-4-10)15(16,17)18/h3-9H,1-2H3. The minimum absolute atomic E-state index is 0.0492. The molecule has 0 aliphatic rings. The summed E-state index contributed by atoms with van der Waals surface area (Å²) in [5, 5.41) is 0. The maximum absolute atomic E-state index is 12.5. The van der Waals surface area contributed by atoms with Gasteiger partial charge in [-0.25, -0.2) is 0 Å². The van der Waals surface area contributed by atoms with Crippen molar-refractivity contribution in [3.8, 4) is 10.4 Å². The summed E-state index contributed by atoms with van der Waals surface area (Å²) in [7, 11) is 0. The summed E-state index contributed by atoms with van der Waals surface area (Å²) in [5.74, 6) is -0.0396. The van der Waals surface area contributed by atoms with Crippen LogP contribution in [0.4, 0.5) is 13.2 Å². The van der Waals surface area contributed by atoms with Gasteiger partial charge in [0.2, 0.25) is 0 Å². The average molecular weight is 298 g/mol. The first-order chi connectivity index (χ1) is 9.29. The lowest BCUT2D eigenvalue weighted by atomic mass is 10.1. The van der Waals surface area contributed by atoms with Crippen LogP contribution in [0.15, 0.2) is 36.4 Å². The molecule has 106 valence electrons. The van der Waals surface area contributed by atoms with E-state index in [2.05, 4.69) is 0 Å². The van der Waals surface area contributed by atoms with E-state index in [0.29, 0.717) is 10.4 Å². The van der Waals surface area contributed by atoms with Crippen LogP contribution >= 0.6 is 11.3 Å². The van der Waals surface area contributed by atoms with Crippen molar-refractivity contribution >= 4 is 17.1 Å². The van der Waals surface area contributed by atoms with Crippen molar-refractivity contribution in [3.05, 3.63) is 46.8 Å². The average Bonchev–Trinajstić information content (AvgIpc) is 2.86. The van der Waals surface area contributed by atoms with Crippen LogP contribution in [-0.4, -0.2) is 5.78 Å². The molecule has 0 spiro atoms. The van der Waals surface area contributed by atoms with E-state index in [1.807, 2.05) is 13.8 Å². The van der Waals surface area contributed by atoms with Crippen molar-refractivity contribution in [3.63, 3.8) is 0 Å². The maximum Gasteiger partial charge on any atom is 0.416 e. The van der Waals surface area contributed by atoms with Gasteiger partial charge in [-0.05, 0) is 29.8 Å². The van der Waals surface area contributed by atoms with E-state index >= 15 is 0 Å². The molecule has 2 rings (SSSR count). The topological polar surface area (TPSA) is 17.1 Å². The van der Waals surface area contributed by atoms with Gasteiger partial charge in [-0.3, -0.25) is 4.79 Å². The number of carbonyl (C=O) groups excluding carboxylic acids is 1. The fraction of sp³-hybridized carbons (Fsp3) is 0.267. The number of alkyl halides is 3. The third kappa shape index (κ3) is 3.10. The molecule has 0 aliphatic carbocycles. The summed E-state index contributed by atoms with van der Waals surface area (Å²) in [6, 6.07) is 8.46. The summed E-state index contributed by atoms with van der Waals surface area (Å²) >= 11 is 1.30. The van der Waals surface area contributed by atoms with Gasteiger partial charge in [0.25, 0.3) is 0 Å². The molecule has 1 aromatic carbocycles. The summed E-state index contributed by atoms with van der Waals surface area (Å²) in [4.78, 5) is 13.3. The Morgan fingerprint density at radius 2 is 1.65 bits per heavy atom. The Labute approximate surface area is 119 Å². The first kappa shape index (κ1) is 14.8. The number of benzene rings is 1. The number of hydrogen-bond acceptors (Lipinski definition) is 2. The molecule has 0 saturated heterocycles. The number of thiophene rings is 1. The van der Waals surface area contributed by atoms with E-state index in [1.165, 1.54) is 23.5 Å². The number of Topliss-reactive ketones (excluding diaryl/α,β-unsaturated/α-hetero) is 1. The highest BCUT2D eigenvalue weighted by Gasteiger charge is 2.30. The zero-order valence-electron chi connectivity index (χ0n) is 11.0. The highest BCUT2D eigenvalue weighted by molar-refractivity contribution is 7.17. The van der Waals surface area contributed by atoms with Gasteiger partial charge in [-0.1, -0.05) is 26.0 Å². The Balaban J connectivity index is 2.27. The number of hydrogen-bond donors (Lipinski definition) is 0. The normalized spacial score (nSPS) is 11.9. The molecule has 0 atom stereocenters. The second-order valence-electron chi connectivity index (χ2n) is 4.76. The van der Waals surface area contributed by atoms with Crippen molar-refractivity contribution < 1.29 is 18.0 Å². The lowest BCUT2D eigenvalue weighted by molar-refractivity contribution is -0.137. The molecule has 1 heterocycles. The van der Waals surface area contributed by atoms with E-state index in [-0.39, 0.29) is 11.7 Å². The number of halogens is 3. The fourth-order valence-corrected chi connectivity index (χ4v) is 2.83. The SMILES string of the molecule is CC(C)C(=O)c1ccc(-c2ccc(C(F)(F)F)cc2)s1. The lowest BCUT2D eigenvalue weighted by Gasteiger charge is -2.06. The third-order valence-corrected chi connectivity index (χ3v) is 4.02. The molecule has 0 bridgehead atoms. The Kier molecular flexibility index (Phi) is 3.99. The van der Waals surface area contributed by atoms with Crippen molar-refractivity contribution in [2.45, 2.75) is 20.0 Å². The first-order valence-corrected chi connectivity index (χ1v) is 6.92. The minimum atomic E-state index is -4.33. The highest BCUT2D eigenvalue weighted by Crippen LogP contribution is 2.33. The van der Waals surface area contributed by atoms with Crippen molar-refractivity contribution in [2.75, 3.05) is 0 Å². The second kappa shape index (κ2) is 5.40. The van der Waals surface area contributed by atoms with E-state index in [0.717, 1.165) is 17.0 Å². The van der Waals surface area contributed by atoms with E-state index in [9.17, 15) is 18.0 Å². The summed E-state index contributed by atoms with van der Waals surface area (Å²) in [5.41, 5.74) is 0.0158. The Bertz CT molecular complexity index is 609. The second-order valence-corrected chi connectivity index (χ2v) is 5.84. The van der Waals surface area contributed by atoms with Gasteiger partial charge >= 0.3 is 6.18 Å². The quantitative estimate of drug-likeness (QED) is 0.705. The summed E-state index contributed by atoms with van der Waals surface area (Å²) < 4.78 is 37.4. The molecule has 0 radical (unpaired) electrons. The van der Waals surface area contributed by atoms with Gasteiger partial charge in [-0.15, -0.1) is 11.3 Å². The molecule has 0 unspecified atom stereocenters. The van der Waals surface area contributed by atoms with Crippen molar-refractivity contribution in [1.29, 1.82) is 0 Å². The molecule has 2 aromatic rings. The Morgan fingerprint density at radius 3 is 2.15 bits per heavy atom. The van der Waals surface area contributed by atoms with Crippen LogP contribution in [0, 0.1) is 5.92 Å². The lowest BCUT2D eigenvalue weighted by Crippen LogP contribution is -2.04. The van der Waals surface area contributed by atoms with Crippen LogP contribution in [0.1, 0.15) is 29.1 Å². The Hall–Kier alpha value is -1.62. The molecule has 0 N–H and O–H groups in total. The molecule has 20 heavy (non-hydrogen) atoms. The van der Waals surface area contributed by atoms with Gasteiger partial charge in [0.05, 0.1) is 10.4 Å². The smallest absolute Gasteiger partial charge is 0.293 e. The van der Waals surface area contributed by atoms with Crippen LogP contribution in [0.2, 0.25) is 0 Å². The Morgan fingerprint density at radius 1 is 1.05 bits per heavy atom. The summed E-state index contributed by atoms with van der Waals surface area (Å²) in [6.45, 7) is 3.64. The molecule has 1 aromatic heterocycles. The van der Waals surface area contributed by atoms with Crippen LogP contribution in [0.3, 0.4) is 0 Å². The highest BCUT2D eigenvalue weighted by atomic mass is 32.1. The van der Waals surface area contributed by atoms with Gasteiger partial charge in [0.1, 0.15) is 0 Å². The molecule has 0 saturated carbocycles. The van der Waals surface area contributed by atoms with Crippen molar-refractivity contribution in [2.24, 2.45) is 5.92 Å². The van der Waals surface area contributed by atoms with Crippen LogP contribution in [-0.2, 0) is 6.18 Å². The van der Waals surface area contributed by atoms with Crippen LogP contribution in [0.5, 0.6) is 0 Å². The minimum Gasteiger partial charge on any atom is -0.293 e. The van der Waals surface area contributed by atoms with Crippen LogP contribution in [0.25, 0.3) is 10.4 Å². The monoisotopic (exact) mass is 298 g/mol. The third-order valence-electron chi connectivity index (χ3n) is 2.87. The molecular weight excluding hydrogens is 285 g/mol. The predicted octanol–water partition coefficient (Wildman–Crippen LogP) is 5.27. The molecule has 5 heteroatoms. The molecule has 0 amide bonds. The van der Waals surface area contributed by atoms with E-state index < -0.39 is 11.7 Å². The number of ketones is 1. The summed E-state index contributed by atoms with van der Waals surface area (Å²) in [6.07, 6.45) is -4.33. The van der Waals surface area contributed by atoms with Crippen molar-refractivity contribution in [1.82, 2.24) is 0 Å². The van der Waals surface area contributed by atoms with Crippen LogP contribution < -0.4 is 0 Å². The van der Waals surface area contributed by atoms with Gasteiger partial charge in [-0.2, -0.15) is 13.2 Å². The number of rotatable bonds is 3. The van der Waals surface area contributed by atoms with E-state index in [1.54, 1.807) is 12.1 Å². The molecule has 0 aliphatic heterocycles. The van der Waals surface area contributed by atoms with Gasteiger partial charge in [0.15, 0.2) is 5.78 Å². The number of carbonyl (C=O) groups is 1. The molecular formula is C15H13F3OS. The predicted molar refractivity (Wildman–Crippen MR) is 73.9 cm³/mol. The first-order valence-electron chi connectivity index (χ1n) is 6.10. The maximum atomic E-state index is 12.5. The zero-order chi connectivity index (χ0) is 14.9. The molecule has 1 nitrogen and oxygen atoms in total. The van der Waals surface area contributed by atoms with E-state index in [4.69, 9.17) is 0 Å². The molecule has 0 fully saturated rings. The van der Waals surface area contributed by atoms with Gasteiger partial charge < -0.3 is 0 Å². The largest absolute Gasteiger partial charge is 0.416 e. The fourth-order valence-electron chi connectivity index (χ4n) is 1.73.